The Morgan fingerprint density at radius 1 is 0.531 bits per heavy atom. The predicted octanol–water partition coefficient (Wildman–Crippen LogP) is 11.0. The minimum absolute atomic E-state index is 0.0228. The molecule has 8 rings (SSSR count). The zero-order valence-corrected chi connectivity index (χ0v) is 30.8. The Labute approximate surface area is 295 Å². The average molecular weight is 643 g/mol. The number of hydrogen-bond donors (Lipinski definition) is 0. The van der Waals surface area contributed by atoms with Gasteiger partial charge < -0.3 is 9.80 Å². The van der Waals surface area contributed by atoms with Crippen LogP contribution in [-0.2, 0) is 10.8 Å². The van der Waals surface area contributed by atoms with Gasteiger partial charge >= 0.3 is 0 Å². The molecule has 0 N–H and O–H groups in total. The van der Waals surface area contributed by atoms with E-state index >= 15 is 0 Å². The second kappa shape index (κ2) is 11.7. The molecule has 1 saturated carbocycles. The first-order chi connectivity index (χ1) is 23.4. The Balaban J connectivity index is 1.48. The molecule has 3 aliphatic rings. The number of aryl methyl sites for hydroxylation is 2. The molecule has 0 radical (unpaired) electrons. The van der Waals surface area contributed by atoms with Crippen molar-refractivity contribution < 1.29 is 0 Å². The van der Waals surface area contributed by atoms with E-state index in [0.29, 0.717) is 5.92 Å². The van der Waals surface area contributed by atoms with E-state index in [-0.39, 0.29) is 17.5 Å². The van der Waals surface area contributed by atoms with Crippen LogP contribution in [0.5, 0.6) is 0 Å². The van der Waals surface area contributed by atoms with Crippen molar-refractivity contribution in [1.82, 2.24) is 0 Å². The van der Waals surface area contributed by atoms with Gasteiger partial charge in [-0.15, -0.1) is 0 Å². The van der Waals surface area contributed by atoms with E-state index in [2.05, 4.69) is 162 Å². The third-order valence-corrected chi connectivity index (χ3v) is 11.4. The van der Waals surface area contributed by atoms with E-state index in [4.69, 9.17) is 0 Å². The molecule has 2 heterocycles. The predicted molar refractivity (Wildman–Crippen MR) is 213 cm³/mol. The molecule has 0 unspecified atom stereocenters. The lowest BCUT2D eigenvalue weighted by atomic mass is 9.33. The lowest BCUT2D eigenvalue weighted by Gasteiger charge is -2.45. The second-order valence-electron chi connectivity index (χ2n) is 17.1. The summed E-state index contributed by atoms with van der Waals surface area (Å²) in [6, 6.07) is 38.1. The maximum atomic E-state index is 2.64. The summed E-state index contributed by atoms with van der Waals surface area (Å²) in [4.78, 5) is 5.21. The molecule has 49 heavy (non-hydrogen) atoms. The molecular weight excluding hydrogens is 591 g/mol. The molecule has 0 saturated heterocycles. The Hall–Kier alpha value is -4.24. The van der Waals surface area contributed by atoms with E-state index in [9.17, 15) is 0 Å². The SMILES string of the molecule is Cc1ccc(N2c3ccccc3B3c4cc(C)ccc4N(c4cc(C(C)(C)C)cc(C(C)(C)C)c4)c4cc(C5CCCCC5)cc2c43)cc1. The summed E-state index contributed by atoms with van der Waals surface area (Å²) in [6.07, 6.45) is 6.53. The highest BCUT2D eigenvalue weighted by atomic mass is 15.2. The highest BCUT2D eigenvalue weighted by Gasteiger charge is 2.44. The van der Waals surface area contributed by atoms with Gasteiger partial charge in [0.25, 0.3) is 6.71 Å². The molecule has 0 atom stereocenters. The first-order valence-corrected chi connectivity index (χ1v) is 18.6. The van der Waals surface area contributed by atoms with Gasteiger partial charge in [0.1, 0.15) is 0 Å². The highest BCUT2D eigenvalue weighted by Crippen LogP contribution is 2.48. The molecular formula is C46H51BN2. The summed E-state index contributed by atoms with van der Waals surface area (Å²) in [5.41, 5.74) is 18.9. The van der Waals surface area contributed by atoms with Gasteiger partial charge in [-0.1, -0.05) is 120 Å². The van der Waals surface area contributed by atoms with Gasteiger partial charge in [-0.3, -0.25) is 0 Å². The van der Waals surface area contributed by atoms with Gasteiger partial charge in [-0.2, -0.15) is 0 Å². The molecule has 3 heteroatoms. The Kier molecular flexibility index (Phi) is 7.63. The van der Waals surface area contributed by atoms with Crippen LogP contribution in [0.25, 0.3) is 0 Å². The summed E-state index contributed by atoms with van der Waals surface area (Å²) in [7, 11) is 0. The quantitative estimate of drug-likeness (QED) is 0.177. The van der Waals surface area contributed by atoms with Gasteiger partial charge in [-0.25, -0.2) is 0 Å². The van der Waals surface area contributed by atoms with Gasteiger partial charge in [0, 0.05) is 34.1 Å². The molecule has 0 spiro atoms. The third kappa shape index (κ3) is 5.50. The number of nitrogens with zero attached hydrogens (tertiary/aromatic N) is 2. The summed E-state index contributed by atoms with van der Waals surface area (Å²) in [5, 5.41) is 0. The minimum atomic E-state index is 0.0228. The Morgan fingerprint density at radius 2 is 1.10 bits per heavy atom. The van der Waals surface area contributed by atoms with Crippen molar-refractivity contribution in [3.8, 4) is 0 Å². The number of benzene rings is 5. The Bertz CT molecular complexity index is 2020. The summed E-state index contributed by atoms with van der Waals surface area (Å²) in [5.74, 6) is 0.582. The fourth-order valence-electron chi connectivity index (χ4n) is 8.62. The fourth-order valence-corrected chi connectivity index (χ4v) is 8.62. The van der Waals surface area contributed by atoms with Crippen molar-refractivity contribution in [3.05, 3.63) is 125 Å². The number of fused-ring (bicyclic) bond motifs is 4. The monoisotopic (exact) mass is 642 g/mol. The molecule has 5 aromatic carbocycles. The van der Waals surface area contributed by atoms with Gasteiger partial charge in [0.15, 0.2) is 0 Å². The van der Waals surface area contributed by atoms with Crippen LogP contribution in [0.2, 0.25) is 0 Å². The molecule has 0 aromatic heterocycles. The van der Waals surface area contributed by atoms with Gasteiger partial charge in [-0.05, 0) is 125 Å². The molecule has 0 bridgehead atoms. The number of hydrogen-bond acceptors (Lipinski definition) is 2. The number of rotatable bonds is 3. The van der Waals surface area contributed by atoms with E-state index < -0.39 is 0 Å². The zero-order valence-electron chi connectivity index (χ0n) is 30.8. The summed E-state index contributed by atoms with van der Waals surface area (Å²) < 4.78 is 0. The van der Waals surface area contributed by atoms with E-state index in [1.54, 1.807) is 0 Å². The van der Waals surface area contributed by atoms with E-state index in [0.717, 1.165) is 0 Å². The van der Waals surface area contributed by atoms with Crippen molar-refractivity contribution in [2.45, 2.75) is 104 Å². The normalized spacial score (nSPS) is 16.0. The lowest BCUT2D eigenvalue weighted by molar-refractivity contribution is 0.444. The van der Waals surface area contributed by atoms with Crippen molar-refractivity contribution in [2.24, 2.45) is 0 Å². The average Bonchev–Trinajstić information content (AvgIpc) is 3.08. The zero-order chi connectivity index (χ0) is 34.2. The smallest absolute Gasteiger partial charge is 0.252 e. The van der Waals surface area contributed by atoms with Gasteiger partial charge in [0.05, 0.1) is 0 Å². The Morgan fingerprint density at radius 3 is 1.73 bits per heavy atom. The maximum absolute atomic E-state index is 2.64. The van der Waals surface area contributed by atoms with Crippen LogP contribution in [-0.4, -0.2) is 6.71 Å². The molecule has 1 fully saturated rings. The van der Waals surface area contributed by atoms with E-state index in [1.807, 2.05) is 0 Å². The van der Waals surface area contributed by atoms with Crippen LogP contribution >= 0.6 is 0 Å². The first-order valence-electron chi connectivity index (χ1n) is 18.6. The van der Waals surface area contributed by atoms with Crippen LogP contribution in [0.3, 0.4) is 0 Å². The minimum Gasteiger partial charge on any atom is -0.311 e. The maximum Gasteiger partial charge on any atom is 0.252 e. The van der Waals surface area contributed by atoms with Crippen LogP contribution in [0, 0.1) is 13.8 Å². The van der Waals surface area contributed by atoms with Crippen molar-refractivity contribution >= 4 is 57.2 Å². The van der Waals surface area contributed by atoms with Crippen LogP contribution in [0.1, 0.15) is 107 Å². The lowest BCUT2D eigenvalue weighted by Crippen LogP contribution is -2.61. The topological polar surface area (TPSA) is 6.48 Å². The molecule has 1 aliphatic carbocycles. The van der Waals surface area contributed by atoms with Crippen LogP contribution < -0.4 is 26.2 Å². The first kappa shape index (κ1) is 32.0. The highest BCUT2D eigenvalue weighted by molar-refractivity contribution is 7.00. The largest absolute Gasteiger partial charge is 0.311 e. The molecule has 0 amide bonds. The van der Waals surface area contributed by atoms with Crippen molar-refractivity contribution in [2.75, 3.05) is 9.80 Å². The van der Waals surface area contributed by atoms with Crippen molar-refractivity contribution in [1.29, 1.82) is 0 Å². The molecule has 5 aromatic rings. The third-order valence-electron chi connectivity index (χ3n) is 11.4. The summed E-state index contributed by atoms with van der Waals surface area (Å²) >= 11 is 0. The molecule has 2 nitrogen and oxygen atoms in total. The molecule has 2 aliphatic heterocycles. The summed E-state index contributed by atoms with van der Waals surface area (Å²) in [6.45, 7) is 18.7. The standard InChI is InChI=1S/C46H51BN2/c1-30-18-21-36(22-19-30)48-40-17-13-12-16-38(40)47-39-24-31(2)20-23-41(39)49(37-28-34(45(3,4)5)27-35(29-37)46(6,7)8)43-26-33(25-42(48)44(43)47)32-14-10-9-11-15-32/h12-13,16-29,32H,9-11,14-15H2,1-8H3. The number of anilines is 6. The molecule has 248 valence electrons. The second-order valence-corrected chi connectivity index (χ2v) is 17.1. The fraction of sp³-hybridized carbons (Fsp3) is 0.348. The number of para-hydroxylation sites is 1. The van der Waals surface area contributed by atoms with Gasteiger partial charge in [0.2, 0.25) is 0 Å². The van der Waals surface area contributed by atoms with Crippen LogP contribution in [0.15, 0.2) is 97.1 Å². The van der Waals surface area contributed by atoms with E-state index in [1.165, 1.54) is 110 Å². The van der Waals surface area contributed by atoms with Crippen molar-refractivity contribution in [3.63, 3.8) is 0 Å². The van der Waals surface area contributed by atoms with Crippen LogP contribution in [0.4, 0.5) is 34.1 Å².